The topological polar surface area (TPSA) is 69.9 Å². The predicted molar refractivity (Wildman–Crippen MR) is 112 cm³/mol. The number of anilines is 1. The molecule has 4 aromatic rings. The van der Waals surface area contributed by atoms with E-state index in [1.807, 2.05) is 30.3 Å². The summed E-state index contributed by atoms with van der Waals surface area (Å²) in [6, 6.07) is 18.5. The molecule has 4 rings (SSSR count). The summed E-state index contributed by atoms with van der Waals surface area (Å²) in [5.41, 5.74) is 1.98. The number of fused-ring (bicyclic) bond motifs is 3. The molecule has 1 amide bonds. The van der Waals surface area contributed by atoms with Crippen LogP contribution in [0.15, 0.2) is 65.1 Å². The number of nitrogens with one attached hydrogen (secondary N) is 1. The fourth-order valence-electron chi connectivity index (χ4n) is 3.16. The maximum atomic E-state index is 12.7. The Morgan fingerprint density at radius 2 is 1.62 bits per heavy atom. The minimum Gasteiger partial charge on any atom is -0.497 e. The Kier molecular flexibility index (Phi) is 4.99. The van der Waals surface area contributed by atoms with Gasteiger partial charge in [-0.1, -0.05) is 18.2 Å². The highest BCUT2D eigenvalue weighted by atomic mass is 16.5. The van der Waals surface area contributed by atoms with E-state index in [4.69, 9.17) is 18.6 Å². The van der Waals surface area contributed by atoms with Crippen LogP contribution in [0.1, 0.15) is 6.92 Å². The molecular formula is C23H21NO5. The molecule has 6 nitrogen and oxygen atoms in total. The molecule has 0 fully saturated rings. The summed E-state index contributed by atoms with van der Waals surface area (Å²) < 4.78 is 22.2. The van der Waals surface area contributed by atoms with Crippen molar-refractivity contribution in [2.45, 2.75) is 13.0 Å². The zero-order valence-corrected chi connectivity index (χ0v) is 16.4. The number of rotatable bonds is 6. The molecule has 148 valence electrons. The third-order valence-corrected chi connectivity index (χ3v) is 4.70. The van der Waals surface area contributed by atoms with Crippen LogP contribution < -0.4 is 19.5 Å². The van der Waals surface area contributed by atoms with Crippen LogP contribution in [0.2, 0.25) is 0 Å². The molecule has 1 heterocycles. The number of carbonyl (C=O) groups is 1. The first-order valence-corrected chi connectivity index (χ1v) is 9.20. The SMILES string of the molecule is COc1ccc(OC(C)C(=O)Nc2cc3oc4ccccc4c3cc2OC)cc1. The second-order valence-electron chi connectivity index (χ2n) is 6.57. The Hall–Kier alpha value is -3.67. The van der Waals surface area contributed by atoms with E-state index in [0.717, 1.165) is 22.1 Å². The number of hydrogen-bond donors (Lipinski definition) is 1. The van der Waals surface area contributed by atoms with Crippen LogP contribution in [0.25, 0.3) is 21.9 Å². The number of methoxy groups -OCH3 is 2. The van der Waals surface area contributed by atoms with Crippen molar-refractivity contribution < 1.29 is 23.4 Å². The summed E-state index contributed by atoms with van der Waals surface area (Å²) in [7, 11) is 3.16. The number of carbonyl (C=O) groups excluding carboxylic acids is 1. The quantitative estimate of drug-likeness (QED) is 0.500. The van der Waals surface area contributed by atoms with Gasteiger partial charge in [-0.15, -0.1) is 0 Å². The van der Waals surface area contributed by atoms with Gasteiger partial charge in [0, 0.05) is 16.8 Å². The molecule has 1 aromatic heterocycles. The van der Waals surface area contributed by atoms with Crippen molar-refractivity contribution in [3.63, 3.8) is 0 Å². The zero-order valence-electron chi connectivity index (χ0n) is 16.4. The number of furan rings is 1. The van der Waals surface area contributed by atoms with E-state index < -0.39 is 6.10 Å². The van der Waals surface area contributed by atoms with Crippen molar-refractivity contribution >= 4 is 33.5 Å². The van der Waals surface area contributed by atoms with E-state index in [1.165, 1.54) is 0 Å². The summed E-state index contributed by atoms with van der Waals surface area (Å²) in [4.78, 5) is 12.7. The van der Waals surface area contributed by atoms with Gasteiger partial charge < -0.3 is 23.9 Å². The molecule has 1 unspecified atom stereocenters. The van der Waals surface area contributed by atoms with Gasteiger partial charge in [-0.05, 0) is 43.3 Å². The van der Waals surface area contributed by atoms with Gasteiger partial charge in [0.25, 0.3) is 5.91 Å². The lowest BCUT2D eigenvalue weighted by Crippen LogP contribution is -2.30. The maximum Gasteiger partial charge on any atom is 0.265 e. The molecule has 1 atom stereocenters. The summed E-state index contributed by atoms with van der Waals surface area (Å²) in [5, 5.41) is 4.79. The molecule has 0 saturated carbocycles. The molecule has 0 saturated heterocycles. The van der Waals surface area contributed by atoms with E-state index in [9.17, 15) is 4.79 Å². The number of ether oxygens (including phenoxy) is 3. The Balaban J connectivity index is 1.56. The lowest BCUT2D eigenvalue weighted by Gasteiger charge is -2.16. The van der Waals surface area contributed by atoms with Gasteiger partial charge in [0.05, 0.1) is 19.9 Å². The monoisotopic (exact) mass is 391 g/mol. The summed E-state index contributed by atoms with van der Waals surface area (Å²) in [5.74, 6) is 1.55. The van der Waals surface area contributed by atoms with E-state index in [2.05, 4.69) is 5.32 Å². The third-order valence-electron chi connectivity index (χ3n) is 4.70. The van der Waals surface area contributed by atoms with Gasteiger partial charge in [-0.3, -0.25) is 4.79 Å². The number of amides is 1. The lowest BCUT2D eigenvalue weighted by atomic mass is 10.1. The van der Waals surface area contributed by atoms with Crippen molar-refractivity contribution in [1.29, 1.82) is 0 Å². The minimum absolute atomic E-state index is 0.297. The van der Waals surface area contributed by atoms with Crippen molar-refractivity contribution in [2.75, 3.05) is 19.5 Å². The fraction of sp³-hybridized carbons (Fsp3) is 0.174. The molecule has 0 radical (unpaired) electrons. The number of hydrogen-bond acceptors (Lipinski definition) is 5. The van der Waals surface area contributed by atoms with Gasteiger partial charge in [-0.2, -0.15) is 0 Å². The van der Waals surface area contributed by atoms with E-state index in [0.29, 0.717) is 22.8 Å². The molecule has 6 heteroatoms. The predicted octanol–water partition coefficient (Wildman–Crippen LogP) is 5.01. The molecular weight excluding hydrogens is 370 g/mol. The molecule has 0 aliphatic heterocycles. The van der Waals surface area contributed by atoms with E-state index >= 15 is 0 Å². The molecule has 0 bridgehead atoms. The second-order valence-corrected chi connectivity index (χ2v) is 6.57. The van der Waals surface area contributed by atoms with Crippen molar-refractivity contribution in [3.8, 4) is 17.2 Å². The minimum atomic E-state index is -0.709. The number of benzene rings is 3. The van der Waals surface area contributed by atoms with Crippen molar-refractivity contribution in [2.24, 2.45) is 0 Å². The molecule has 0 aliphatic carbocycles. The first-order valence-electron chi connectivity index (χ1n) is 9.20. The molecule has 0 spiro atoms. The summed E-state index contributed by atoms with van der Waals surface area (Å²) >= 11 is 0. The maximum absolute atomic E-state index is 12.7. The lowest BCUT2D eigenvalue weighted by molar-refractivity contribution is -0.122. The van der Waals surface area contributed by atoms with Gasteiger partial charge in [0.2, 0.25) is 0 Å². The first kappa shape index (κ1) is 18.7. The van der Waals surface area contributed by atoms with Crippen LogP contribution >= 0.6 is 0 Å². The highest BCUT2D eigenvalue weighted by molar-refractivity contribution is 6.08. The fourth-order valence-corrected chi connectivity index (χ4v) is 3.16. The van der Waals surface area contributed by atoms with Crippen molar-refractivity contribution in [3.05, 3.63) is 60.7 Å². The smallest absolute Gasteiger partial charge is 0.265 e. The zero-order chi connectivity index (χ0) is 20.4. The Morgan fingerprint density at radius 3 is 2.34 bits per heavy atom. The average molecular weight is 391 g/mol. The third kappa shape index (κ3) is 3.69. The average Bonchev–Trinajstić information content (AvgIpc) is 3.11. The Labute approximate surface area is 168 Å². The highest BCUT2D eigenvalue weighted by Crippen LogP contribution is 2.36. The van der Waals surface area contributed by atoms with Crippen molar-refractivity contribution in [1.82, 2.24) is 0 Å². The normalized spacial score (nSPS) is 12.0. The Bertz CT molecular complexity index is 1160. The Morgan fingerprint density at radius 1 is 0.897 bits per heavy atom. The molecule has 29 heavy (non-hydrogen) atoms. The van der Waals surface area contributed by atoms with E-state index in [1.54, 1.807) is 51.5 Å². The van der Waals surface area contributed by atoms with Gasteiger partial charge in [0.1, 0.15) is 28.4 Å². The van der Waals surface area contributed by atoms with Crippen LogP contribution in [0, 0.1) is 0 Å². The molecule has 1 N–H and O–H groups in total. The summed E-state index contributed by atoms with van der Waals surface area (Å²) in [6.45, 7) is 1.69. The summed E-state index contributed by atoms with van der Waals surface area (Å²) in [6.07, 6.45) is -0.709. The van der Waals surface area contributed by atoms with Gasteiger partial charge in [0.15, 0.2) is 6.10 Å². The van der Waals surface area contributed by atoms with E-state index in [-0.39, 0.29) is 5.91 Å². The standard InChI is InChI=1S/C23H21NO5/c1-14(28-16-10-8-15(26-2)9-11-16)23(25)24-19-13-21-18(12-22(19)27-3)17-6-4-5-7-20(17)29-21/h4-14H,1-3H3,(H,24,25). The second kappa shape index (κ2) is 7.75. The molecule has 0 aliphatic rings. The van der Waals surface area contributed by atoms with Crippen LogP contribution in [0.3, 0.4) is 0 Å². The first-order chi connectivity index (χ1) is 14.1. The number of para-hydroxylation sites is 1. The van der Waals surface area contributed by atoms with Crippen LogP contribution in [-0.4, -0.2) is 26.2 Å². The van der Waals surface area contributed by atoms with Gasteiger partial charge in [-0.25, -0.2) is 0 Å². The largest absolute Gasteiger partial charge is 0.497 e. The van der Waals surface area contributed by atoms with Gasteiger partial charge >= 0.3 is 0 Å². The highest BCUT2D eigenvalue weighted by Gasteiger charge is 2.19. The van der Waals surface area contributed by atoms with Crippen LogP contribution in [0.5, 0.6) is 17.2 Å². The van der Waals surface area contributed by atoms with Crippen LogP contribution in [0.4, 0.5) is 5.69 Å². The molecule has 3 aromatic carbocycles. The van der Waals surface area contributed by atoms with Crippen LogP contribution in [-0.2, 0) is 4.79 Å².